The summed E-state index contributed by atoms with van der Waals surface area (Å²) in [6.45, 7) is 5.46. The number of carbonyl (C=O) groups excluding carboxylic acids is 2. The van der Waals surface area contributed by atoms with E-state index in [1.807, 2.05) is 4.90 Å². The van der Waals surface area contributed by atoms with Gasteiger partial charge in [-0.15, -0.1) is 0 Å². The molecule has 2 saturated heterocycles. The van der Waals surface area contributed by atoms with Crippen LogP contribution < -0.4 is 5.32 Å². The largest absolute Gasteiger partial charge is 0.340 e. The molecule has 2 rings (SSSR count). The van der Waals surface area contributed by atoms with Gasteiger partial charge in [0.1, 0.15) is 6.54 Å². The van der Waals surface area contributed by atoms with Gasteiger partial charge in [0, 0.05) is 26.2 Å². The Morgan fingerprint density at radius 3 is 2.87 bits per heavy atom. The topological polar surface area (TPSA) is 52.7 Å². The number of nitrogens with one attached hydrogen (secondary N) is 1. The van der Waals surface area contributed by atoms with Gasteiger partial charge in [0.15, 0.2) is 0 Å². The minimum absolute atomic E-state index is 0.0742. The first kappa shape index (κ1) is 10.3. The molecule has 2 heterocycles. The Kier molecular flexibility index (Phi) is 2.79. The number of hydrogen-bond acceptors (Lipinski definition) is 2. The van der Waals surface area contributed by atoms with E-state index in [2.05, 4.69) is 12.2 Å². The minimum Gasteiger partial charge on any atom is -0.340 e. The SMILES string of the molecule is CC1CN(C(=O)CN2CCCNC2=O)C1. The monoisotopic (exact) mass is 211 g/mol. The van der Waals surface area contributed by atoms with Crippen molar-refractivity contribution in [2.24, 2.45) is 5.92 Å². The molecule has 5 nitrogen and oxygen atoms in total. The summed E-state index contributed by atoms with van der Waals surface area (Å²) in [5.74, 6) is 0.689. The van der Waals surface area contributed by atoms with Crippen LogP contribution in [0.5, 0.6) is 0 Å². The number of amides is 3. The molecule has 0 aliphatic carbocycles. The summed E-state index contributed by atoms with van der Waals surface area (Å²) < 4.78 is 0. The van der Waals surface area contributed by atoms with Crippen molar-refractivity contribution >= 4 is 11.9 Å². The maximum Gasteiger partial charge on any atom is 0.317 e. The molecule has 0 aromatic rings. The molecule has 2 aliphatic heterocycles. The predicted octanol–water partition coefficient (Wildman–Crippen LogP) is -0.120. The lowest BCUT2D eigenvalue weighted by molar-refractivity contribution is -0.137. The molecule has 2 aliphatic rings. The minimum atomic E-state index is -0.108. The van der Waals surface area contributed by atoms with Crippen molar-refractivity contribution < 1.29 is 9.59 Å². The fourth-order valence-corrected chi connectivity index (χ4v) is 2.00. The van der Waals surface area contributed by atoms with E-state index in [9.17, 15) is 9.59 Å². The van der Waals surface area contributed by atoms with Gasteiger partial charge >= 0.3 is 6.03 Å². The van der Waals surface area contributed by atoms with Gasteiger partial charge in [0.25, 0.3) is 0 Å². The third-order valence-electron chi connectivity index (χ3n) is 2.91. The second-order valence-electron chi connectivity index (χ2n) is 4.41. The van der Waals surface area contributed by atoms with Crippen LogP contribution >= 0.6 is 0 Å². The molecule has 2 fully saturated rings. The van der Waals surface area contributed by atoms with Crippen molar-refractivity contribution in [3.05, 3.63) is 0 Å². The van der Waals surface area contributed by atoms with E-state index in [1.54, 1.807) is 4.90 Å². The van der Waals surface area contributed by atoms with Crippen molar-refractivity contribution in [2.75, 3.05) is 32.7 Å². The van der Waals surface area contributed by atoms with E-state index >= 15 is 0 Å². The van der Waals surface area contributed by atoms with Crippen molar-refractivity contribution in [1.29, 1.82) is 0 Å². The van der Waals surface area contributed by atoms with Gasteiger partial charge < -0.3 is 15.1 Å². The summed E-state index contributed by atoms with van der Waals surface area (Å²) in [4.78, 5) is 26.5. The Morgan fingerprint density at radius 2 is 2.27 bits per heavy atom. The molecule has 5 heteroatoms. The molecule has 0 radical (unpaired) electrons. The molecule has 1 N–H and O–H groups in total. The maximum absolute atomic E-state index is 11.7. The number of hydrogen-bond donors (Lipinski definition) is 1. The van der Waals surface area contributed by atoms with E-state index < -0.39 is 0 Å². The first-order valence-electron chi connectivity index (χ1n) is 5.47. The highest BCUT2D eigenvalue weighted by molar-refractivity contribution is 5.84. The van der Waals surface area contributed by atoms with Gasteiger partial charge in [-0.2, -0.15) is 0 Å². The maximum atomic E-state index is 11.7. The summed E-state index contributed by atoms with van der Waals surface area (Å²) in [6, 6.07) is -0.108. The van der Waals surface area contributed by atoms with E-state index in [-0.39, 0.29) is 18.5 Å². The second-order valence-corrected chi connectivity index (χ2v) is 4.41. The van der Waals surface area contributed by atoms with Gasteiger partial charge in [-0.3, -0.25) is 4.79 Å². The number of likely N-dealkylation sites (tertiary alicyclic amines) is 1. The summed E-state index contributed by atoms with van der Waals surface area (Å²) in [5, 5.41) is 2.74. The Hall–Kier alpha value is -1.26. The molecule has 15 heavy (non-hydrogen) atoms. The lowest BCUT2D eigenvalue weighted by atomic mass is 10.0. The molecule has 84 valence electrons. The predicted molar refractivity (Wildman–Crippen MR) is 55.3 cm³/mol. The highest BCUT2D eigenvalue weighted by Crippen LogP contribution is 2.14. The molecule has 0 aromatic carbocycles. The van der Waals surface area contributed by atoms with Crippen LogP contribution in [0.15, 0.2) is 0 Å². The number of rotatable bonds is 2. The fourth-order valence-electron chi connectivity index (χ4n) is 2.00. The lowest BCUT2D eigenvalue weighted by Crippen LogP contribution is -2.55. The average Bonchev–Trinajstić information content (AvgIpc) is 2.17. The molecule has 0 aromatic heterocycles. The van der Waals surface area contributed by atoms with Gasteiger partial charge in [0.05, 0.1) is 0 Å². The molecule has 0 bridgehead atoms. The van der Waals surface area contributed by atoms with Gasteiger partial charge in [-0.05, 0) is 12.3 Å². The number of nitrogens with zero attached hydrogens (tertiary/aromatic N) is 2. The third kappa shape index (κ3) is 2.22. The summed E-state index contributed by atoms with van der Waals surface area (Å²) in [7, 11) is 0. The first-order chi connectivity index (χ1) is 7.16. The van der Waals surface area contributed by atoms with Crippen LogP contribution in [0, 0.1) is 5.92 Å². The van der Waals surface area contributed by atoms with E-state index in [0.717, 1.165) is 26.1 Å². The lowest BCUT2D eigenvalue weighted by Gasteiger charge is -2.38. The molecule has 3 amide bonds. The molecule has 0 atom stereocenters. The van der Waals surface area contributed by atoms with Crippen LogP contribution in [0.3, 0.4) is 0 Å². The van der Waals surface area contributed by atoms with Crippen LogP contribution in [0.2, 0.25) is 0 Å². The molecular formula is C10H17N3O2. The van der Waals surface area contributed by atoms with Crippen LogP contribution in [0.25, 0.3) is 0 Å². The molecule has 0 unspecified atom stereocenters. The van der Waals surface area contributed by atoms with Crippen LogP contribution in [0.1, 0.15) is 13.3 Å². The quantitative estimate of drug-likeness (QED) is 0.692. The molecule has 0 saturated carbocycles. The Morgan fingerprint density at radius 1 is 1.53 bits per heavy atom. The average molecular weight is 211 g/mol. The van der Waals surface area contributed by atoms with Gasteiger partial charge in [-0.1, -0.05) is 6.92 Å². The van der Waals surface area contributed by atoms with Gasteiger partial charge in [-0.25, -0.2) is 4.79 Å². The van der Waals surface area contributed by atoms with Crippen molar-refractivity contribution in [3.63, 3.8) is 0 Å². The highest BCUT2D eigenvalue weighted by atomic mass is 16.2. The second kappa shape index (κ2) is 4.08. The Labute approximate surface area is 89.4 Å². The van der Waals surface area contributed by atoms with Crippen molar-refractivity contribution in [3.8, 4) is 0 Å². The standard InChI is InChI=1S/C10H17N3O2/c1-8-5-13(6-8)9(14)7-12-4-2-3-11-10(12)15/h8H,2-7H2,1H3,(H,11,15). The molecule has 0 spiro atoms. The summed E-state index contributed by atoms with van der Waals surface area (Å²) in [6.07, 6.45) is 0.926. The van der Waals surface area contributed by atoms with Crippen molar-refractivity contribution in [1.82, 2.24) is 15.1 Å². The van der Waals surface area contributed by atoms with Crippen LogP contribution in [0.4, 0.5) is 4.79 Å². The van der Waals surface area contributed by atoms with E-state index in [1.165, 1.54) is 0 Å². The van der Waals surface area contributed by atoms with E-state index in [4.69, 9.17) is 0 Å². The fraction of sp³-hybridized carbons (Fsp3) is 0.800. The first-order valence-corrected chi connectivity index (χ1v) is 5.47. The highest BCUT2D eigenvalue weighted by Gasteiger charge is 2.29. The third-order valence-corrected chi connectivity index (χ3v) is 2.91. The molecular weight excluding hydrogens is 194 g/mol. The summed E-state index contributed by atoms with van der Waals surface area (Å²) in [5.41, 5.74) is 0. The van der Waals surface area contributed by atoms with E-state index in [0.29, 0.717) is 12.5 Å². The number of carbonyl (C=O) groups is 2. The summed E-state index contributed by atoms with van der Waals surface area (Å²) >= 11 is 0. The Balaban J connectivity index is 1.80. The van der Waals surface area contributed by atoms with Gasteiger partial charge in [0.2, 0.25) is 5.91 Å². The smallest absolute Gasteiger partial charge is 0.317 e. The normalized spacial score (nSPS) is 22.3. The van der Waals surface area contributed by atoms with Crippen molar-refractivity contribution in [2.45, 2.75) is 13.3 Å². The zero-order chi connectivity index (χ0) is 10.8. The van der Waals surface area contributed by atoms with Crippen LogP contribution in [-0.2, 0) is 4.79 Å². The Bertz CT molecular complexity index is 274. The number of urea groups is 1. The van der Waals surface area contributed by atoms with Crippen LogP contribution in [-0.4, -0.2) is 54.5 Å². The zero-order valence-corrected chi connectivity index (χ0v) is 9.03. The zero-order valence-electron chi connectivity index (χ0n) is 9.03.